The van der Waals surface area contributed by atoms with Gasteiger partial charge < -0.3 is 4.74 Å². The summed E-state index contributed by atoms with van der Waals surface area (Å²) in [5.41, 5.74) is 2.92. The Kier molecular flexibility index (Phi) is 3.69. The second kappa shape index (κ2) is 5.79. The van der Waals surface area contributed by atoms with Gasteiger partial charge in [-0.15, -0.1) is 11.3 Å². The number of aromatic nitrogens is 3. The topological polar surface area (TPSA) is 47.9 Å². The lowest BCUT2D eigenvalue weighted by atomic mass is 10.2. The SMILES string of the molecule is Cc1nc(-c2ccc(OCc3cnccn3)cc2)cs1. The normalized spacial score (nSPS) is 10.4. The molecule has 0 atom stereocenters. The highest BCUT2D eigenvalue weighted by atomic mass is 32.1. The van der Waals surface area contributed by atoms with E-state index in [1.807, 2.05) is 31.2 Å². The van der Waals surface area contributed by atoms with Gasteiger partial charge in [0.2, 0.25) is 0 Å². The minimum absolute atomic E-state index is 0.420. The van der Waals surface area contributed by atoms with E-state index in [1.165, 1.54) is 0 Å². The van der Waals surface area contributed by atoms with Crippen molar-refractivity contribution in [1.82, 2.24) is 15.0 Å². The molecule has 0 spiro atoms. The van der Waals surface area contributed by atoms with Gasteiger partial charge in [0.25, 0.3) is 0 Å². The lowest BCUT2D eigenvalue weighted by molar-refractivity contribution is 0.301. The summed E-state index contributed by atoms with van der Waals surface area (Å²) in [4.78, 5) is 12.6. The second-order valence-electron chi connectivity index (χ2n) is 4.26. The molecule has 0 aliphatic rings. The Labute approximate surface area is 121 Å². The van der Waals surface area contributed by atoms with Gasteiger partial charge in [-0.2, -0.15) is 0 Å². The molecule has 1 aromatic carbocycles. The molecule has 0 radical (unpaired) electrons. The van der Waals surface area contributed by atoms with Crippen LogP contribution in [0.2, 0.25) is 0 Å². The van der Waals surface area contributed by atoms with E-state index in [2.05, 4.69) is 20.3 Å². The standard InChI is InChI=1S/C15H13N3OS/c1-11-18-15(10-20-11)12-2-4-14(5-3-12)19-9-13-8-16-6-7-17-13/h2-8,10H,9H2,1H3. The highest BCUT2D eigenvalue weighted by Crippen LogP contribution is 2.24. The molecule has 0 saturated carbocycles. The smallest absolute Gasteiger partial charge is 0.132 e. The molecule has 0 amide bonds. The highest BCUT2D eigenvalue weighted by molar-refractivity contribution is 7.09. The van der Waals surface area contributed by atoms with E-state index >= 15 is 0 Å². The summed E-state index contributed by atoms with van der Waals surface area (Å²) in [6, 6.07) is 7.92. The van der Waals surface area contributed by atoms with Crippen molar-refractivity contribution in [3.63, 3.8) is 0 Å². The van der Waals surface area contributed by atoms with E-state index in [4.69, 9.17) is 4.74 Å². The van der Waals surface area contributed by atoms with Crippen molar-refractivity contribution < 1.29 is 4.74 Å². The van der Waals surface area contributed by atoms with E-state index in [9.17, 15) is 0 Å². The molecule has 100 valence electrons. The molecule has 4 nitrogen and oxygen atoms in total. The van der Waals surface area contributed by atoms with Crippen molar-refractivity contribution in [2.75, 3.05) is 0 Å². The largest absolute Gasteiger partial charge is 0.487 e. The van der Waals surface area contributed by atoms with Crippen LogP contribution in [-0.2, 0) is 6.61 Å². The van der Waals surface area contributed by atoms with Crippen molar-refractivity contribution in [2.45, 2.75) is 13.5 Å². The average Bonchev–Trinajstić information content (AvgIpc) is 2.93. The van der Waals surface area contributed by atoms with E-state index in [-0.39, 0.29) is 0 Å². The summed E-state index contributed by atoms with van der Waals surface area (Å²) < 4.78 is 5.67. The Morgan fingerprint density at radius 3 is 2.65 bits per heavy atom. The number of rotatable bonds is 4. The quantitative estimate of drug-likeness (QED) is 0.735. The van der Waals surface area contributed by atoms with Gasteiger partial charge in [0.15, 0.2) is 0 Å². The average molecular weight is 283 g/mol. The fourth-order valence-corrected chi connectivity index (χ4v) is 2.40. The van der Waals surface area contributed by atoms with Crippen LogP contribution in [0.15, 0.2) is 48.2 Å². The molecule has 0 saturated heterocycles. The van der Waals surface area contributed by atoms with Crippen LogP contribution in [0.3, 0.4) is 0 Å². The van der Waals surface area contributed by atoms with Crippen molar-refractivity contribution in [3.8, 4) is 17.0 Å². The summed E-state index contributed by atoms with van der Waals surface area (Å²) >= 11 is 1.65. The zero-order valence-electron chi connectivity index (χ0n) is 11.0. The molecule has 0 N–H and O–H groups in total. The minimum atomic E-state index is 0.420. The second-order valence-corrected chi connectivity index (χ2v) is 5.32. The van der Waals surface area contributed by atoms with Gasteiger partial charge in [0.05, 0.1) is 22.6 Å². The van der Waals surface area contributed by atoms with Crippen LogP contribution in [0.25, 0.3) is 11.3 Å². The molecule has 20 heavy (non-hydrogen) atoms. The van der Waals surface area contributed by atoms with Gasteiger partial charge >= 0.3 is 0 Å². The van der Waals surface area contributed by atoms with E-state index < -0.39 is 0 Å². The van der Waals surface area contributed by atoms with Gasteiger partial charge in [-0.3, -0.25) is 9.97 Å². The molecule has 0 aliphatic carbocycles. The third kappa shape index (κ3) is 3.00. The first-order chi connectivity index (χ1) is 9.81. The summed E-state index contributed by atoms with van der Waals surface area (Å²) in [6.45, 7) is 2.43. The highest BCUT2D eigenvalue weighted by Gasteiger charge is 2.03. The predicted molar refractivity (Wildman–Crippen MR) is 78.7 cm³/mol. The number of benzene rings is 1. The van der Waals surface area contributed by atoms with Crippen LogP contribution >= 0.6 is 11.3 Å². The molecular formula is C15H13N3OS. The number of ether oxygens (including phenoxy) is 1. The molecule has 2 heterocycles. The Hall–Kier alpha value is -2.27. The maximum Gasteiger partial charge on any atom is 0.132 e. The van der Waals surface area contributed by atoms with Gasteiger partial charge in [0.1, 0.15) is 12.4 Å². The molecular weight excluding hydrogens is 270 g/mol. The lowest BCUT2D eigenvalue weighted by Crippen LogP contribution is -1.98. The van der Waals surface area contributed by atoms with E-state index in [0.717, 1.165) is 27.7 Å². The summed E-state index contributed by atoms with van der Waals surface area (Å²) in [5, 5.41) is 3.13. The van der Waals surface area contributed by atoms with Crippen LogP contribution in [0.4, 0.5) is 0 Å². The zero-order valence-corrected chi connectivity index (χ0v) is 11.8. The molecule has 5 heteroatoms. The van der Waals surface area contributed by atoms with Crippen LogP contribution < -0.4 is 4.74 Å². The van der Waals surface area contributed by atoms with Gasteiger partial charge in [-0.25, -0.2) is 4.98 Å². The molecule has 3 rings (SSSR count). The third-order valence-corrected chi connectivity index (χ3v) is 3.55. The van der Waals surface area contributed by atoms with Crippen LogP contribution in [0, 0.1) is 6.92 Å². The summed E-state index contributed by atoms with van der Waals surface area (Å²) in [7, 11) is 0. The Morgan fingerprint density at radius 1 is 1.15 bits per heavy atom. The minimum Gasteiger partial charge on any atom is -0.487 e. The number of aryl methyl sites for hydroxylation is 1. The number of hydrogen-bond donors (Lipinski definition) is 0. The van der Waals surface area contributed by atoms with E-state index in [0.29, 0.717) is 6.61 Å². The van der Waals surface area contributed by atoms with Crippen molar-refractivity contribution in [2.24, 2.45) is 0 Å². The molecule has 0 bridgehead atoms. The van der Waals surface area contributed by atoms with Crippen LogP contribution in [0.5, 0.6) is 5.75 Å². The monoisotopic (exact) mass is 283 g/mol. The molecule has 0 aliphatic heterocycles. The van der Waals surface area contributed by atoms with Gasteiger partial charge in [-0.05, 0) is 31.2 Å². The summed E-state index contributed by atoms with van der Waals surface area (Å²) in [6.07, 6.45) is 5.01. The number of nitrogens with zero attached hydrogens (tertiary/aromatic N) is 3. The maximum absolute atomic E-state index is 5.67. The Balaban J connectivity index is 1.67. The molecule has 2 aromatic heterocycles. The number of hydrogen-bond acceptors (Lipinski definition) is 5. The zero-order chi connectivity index (χ0) is 13.8. The fourth-order valence-electron chi connectivity index (χ4n) is 1.78. The van der Waals surface area contributed by atoms with Crippen molar-refractivity contribution in [3.05, 3.63) is 58.9 Å². The van der Waals surface area contributed by atoms with Gasteiger partial charge in [-0.1, -0.05) is 0 Å². The van der Waals surface area contributed by atoms with Crippen LogP contribution in [0.1, 0.15) is 10.7 Å². The number of thiazole rings is 1. The lowest BCUT2D eigenvalue weighted by Gasteiger charge is -2.05. The van der Waals surface area contributed by atoms with Gasteiger partial charge in [0, 0.05) is 23.3 Å². The van der Waals surface area contributed by atoms with Crippen molar-refractivity contribution in [1.29, 1.82) is 0 Å². The first kappa shape index (κ1) is 12.7. The Bertz CT molecular complexity index is 680. The molecule has 3 aromatic rings. The molecule has 0 unspecified atom stereocenters. The van der Waals surface area contributed by atoms with Crippen molar-refractivity contribution >= 4 is 11.3 Å². The fraction of sp³-hybridized carbons (Fsp3) is 0.133. The first-order valence-corrected chi connectivity index (χ1v) is 7.09. The predicted octanol–water partition coefficient (Wildman–Crippen LogP) is 3.49. The summed E-state index contributed by atoms with van der Waals surface area (Å²) in [5.74, 6) is 0.811. The Morgan fingerprint density at radius 2 is 2.00 bits per heavy atom. The molecule has 0 fully saturated rings. The first-order valence-electron chi connectivity index (χ1n) is 6.21. The van der Waals surface area contributed by atoms with Crippen LogP contribution in [-0.4, -0.2) is 15.0 Å². The maximum atomic E-state index is 5.67. The third-order valence-electron chi connectivity index (χ3n) is 2.77. The van der Waals surface area contributed by atoms with E-state index in [1.54, 1.807) is 29.9 Å².